The second kappa shape index (κ2) is 9.03. The lowest BCUT2D eigenvalue weighted by Gasteiger charge is -2.39. The van der Waals surface area contributed by atoms with Crippen LogP contribution in [-0.2, 0) is 4.74 Å². The molecular formula is C26H30Cl2N2O3S. The number of carbonyl (C=O) groups is 1. The Labute approximate surface area is 215 Å². The van der Waals surface area contributed by atoms with Gasteiger partial charge in [-0.15, -0.1) is 11.8 Å². The van der Waals surface area contributed by atoms with Crippen LogP contribution in [0, 0.1) is 0 Å². The molecule has 8 heteroatoms. The number of hydrogen-bond acceptors (Lipinski definition) is 5. The molecule has 0 aromatic heterocycles. The third-order valence-corrected chi connectivity index (χ3v) is 8.47. The van der Waals surface area contributed by atoms with E-state index in [0.29, 0.717) is 34.9 Å². The fourth-order valence-electron chi connectivity index (χ4n) is 5.39. The summed E-state index contributed by atoms with van der Waals surface area (Å²) in [4.78, 5) is 18.6. The number of anilines is 1. The van der Waals surface area contributed by atoms with Gasteiger partial charge >= 0.3 is 6.09 Å². The van der Waals surface area contributed by atoms with E-state index in [1.165, 1.54) is 16.1 Å². The van der Waals surface area contributed by atoms with Gasteiger partial charge in [-0.2, -0.15) is 0 Å². The molecule has 0 N–H and O–H groups in total. The number of benzene rings is 2. The van der Waals surface area contributed by atoms with E-state index in [2.05, 4.69) is 17.0 Å². The molecule has 5 nitrogen and oxygen atoms in total. The number of methoxy groups -OCH3 is 1. The van der Waals surface area contributed by atoms with Crippen LogP contribution in [0.25, 0.3) is 11.1 Å². The third-order valence-electron chi connectivity index (χ3n) is 6.76. The van der Waals surface area contributed by atoms with E-state index in [0.717, 1.165) is 36.3 Å². The van der Waals surface area contributed by atoms with Crippen molar-refractivity contribution in [1.29, 1.82) is 0 Å². The molecule has 1 amide bonds. The predicted octanol–water partition coefficient (Wildman–Crippen LogP) is 7.08. The molecule has 0 radical (unpaired) electrons. The van der Waals surface area contributed by atoms with Crippen molar-refractivity contribution in [3.05, 3.63) is 39.9 Å². The maximum absolute atomic E-state index is 12.9. The Bertz CT molecular complexity index is 1110. The lowest BCUT2D eigenvalue weighted by atomic mass is 9.88. The number of fused-ring (bicyclic) bond motifs is 3. The van der Waals surface area contributed by atoms with Crippen molar-refractivity contribution in [3.63, 3.8) is 0 Å². The third kappa shape index (κ3) is 4.33. The molecule has 0 saturated carbocycles. The van der Waals surface area contributed by atoms with Crippen LogP contribution in [0.2, 0.25) is 10.0 Å². The number of rotatable bonds is 2. The Balaban J connectivity index is 1.57. The second-order valence-electron chi connectivity index (χ2n) is 10.2. The summed E-state index contributed by atoms with van der Waals surface area (Å²) in [5.74, 6) is 1.95. The Morgan fingerprint density at radius 3 is 2.53 bits per heavy atom. The highest BCUT2D eigenvalue weighted by Gasteiger charge is 2.45. The zero-order valence-electron chi connectivity index (χ0n) is 20.0. The maximum Gasteiger partial charge on any atom is 0.410 e. The molecule has 0 unspecified atom stereocenters. The van der Waals surface area contributed by atoms with E-state index in [1.54, 1.807) is 19.2 Å². The summed E-state index contributed by atoms with van der Waals surface area (Å²) in [5, 5.41) is 1.14. The molecule has 2 aromatic carbocycles. The zero-order chi connectivity index (χ0) is 24.2. The fraction of sp³-hybridized carbons (Fsp3) is 0.500. The first-order valence-corrected chi connectivity index (χ1v) is 13.5. The van der Waals surface area contributed by atoms with Crippen LogP contribution in [0.15, 0.2) is 29.2 Å². The molecule has 1 saturated heterocycles. The van der Waals surface area contributed by atoms with Crippen molar-refractivity contribution in [2.45, 2.75) is 56.1 Å². The topological polar surface area (TPSA) is 42.0 Å². The number of amides is 1. The van der Waals surface area contributed by atoms with Gasteiger partial charge in [0.25, 0.3) is 0 Å². The SMILES string of the molecule is COc1cc(Cl)c(-c2cc3c4c(c2)[C@@H]2CN(C(=O)OC(C)(C)C)CC[C@@H]2N4CCCS3)c(Cl)c1. The molecule has 5 rings (SSSR count). The first-order chi connectivity index (χ1) is 16.2. The molecule has 3 aliphatic rings. The van der Waals surface area contributed by atoms with E-state index < -0.39 is 5.60 Å². The highest BCUT2D eigenvalue weighted by atomic mass is 35.5. The van der Waals surface area contributed by atoms with Gasteiger partial charge < -0.3 is 19.3 Å². The quantitative estimate of drug-likeness (QED) is 0.423. The summed E-state index contributed by atoms with van der Waals surface area (Å²) in [7, 11) is 1.61. The molecule has 0 aliphatic carbocycles. The molecule has 3 aliphatic heterocycles. The van der Waals surface area contributed by atoms with Gasteiger partial charge in [0.2, 0.25) is 0 Å². The van der Waals surface area contributed by atoms with Crippen molar-refractivity contribution in [2.75, 3.05) is 37.4 Å². The molecule has 0 bridgehead atoms. The molecule has 3 heterocycles. The lowest BCUT2D eigenvalue weighted by molar-refractivity contribution is 0.0189. The van der Waals surface area contributed by atoms with Crippen molar-refractivity contribution in [3.8, 4) is 16.9 Å². The van der Waals surface area contributed by atoms with Gasteiger partial charge in [-0.3, -0.25) is 0 Å². The van der Waals surface area contributed by atoms with E-state index >= 15 is 0 Å². The fourth-order valence-corrected chi connectivity index (χ4v) is 7.15. The number of hydrogen-bond donors (Lipinski definition) is 0. The number of ether oxygens (including phenoxy) is 2. The average molecular weight is 522 g/mol. The molecule has 0 spiro atoms. The summed E-state index contributed by atoms with van der Waals surface area (Å²) in [6.45, 7) is 8.15. The van der Waals surface area contributed by atoms with Crippen molar-refractivity contribution >= 4 is 46.7 Å². The van der Waals surface area contributed by atoms with Gasteiger partial charge in [0.15, 0.2) is 0 Å². The standard InChI is InChI=1S/C26H30Cl2N2O3S/c1-26(2,3)33-25(31)29-8-6-21-18(14-29)17-10-15(11-22-24(17)30(21)7-5-9-34-22)23-19(27)12-16(32-4)13-20(23)28/h10-13,18,21H,5-9,14H2,1-4H3/t18-,21-/m0/s1. The van der Waals surface area contributed by atoms with Crippen molar-refractivity contribution in [1.82, 2.24) is 4.90 Å². The van der Waals surface area contributed by atoms with Crippen molar-refractivity contribution < 1.29 is 14.3 Å². The maximum atomic E-state index is 12.9. The van der Waals surface area contributed by atoms with Gasteiger partial charge in [-0.1, -0.05) is 23.2 Å². The van der Waals surface area contributed by atoms with Crippen LogP contribution in [0.3, 0.4) is 0 Å². The minimum absolute atomic E-state index is 0.226. The summed E-state index contributed by atoms with van der Waals surface area (Å²) in [6, 6.07) is 8.47. The van der Waals surface area contributed by atoms with Crippen LogP contribution in [-0.4, -0.2) is 55.1 Å². The molecular weight excluding hydrogens is 491 g/mol. The number of piperidine rings is 1. The molecule has 1 fully saturated rings. The molecule has 2 atom stereocenters. The number of halogens is 2. The normalized spacial score (nSPS) is 21.6. The average Bonchev–Trinajstić information content (AvgIpc) is 2.92. The van der Waals surface area contributed by atoms with Gasteiger partial charge in [-0.25, -0.2) is 4.79 Å². The van der Waals surface area contributed by atoms with Crippen LogP contribution < -0.4 is 9.64 Å². The Kier molecular flexibility index (Phi) is 6.36. The number of nitrogens with zero attached hydrogens (tertiary/aromatic N) is 2. The Hall–Kier alpha value is -1.76. The van der Waals surface area contributed by atoms with Gasteiger partial charge in [0, 0.05) is 42.1 Å². The van der Waals surface area contributed by atoms with E-state index in [4.69, 9.17) is 32.7 Å². The largest absolute Gasteiger partial charge is 0.497 e. The highest BCUT2D eigenvalue weighted by Crippen LogP contribution is 2.53. The number of thioether (sulfide) groups is 1. The van der Waals surface area contributed by atoms with Crippen LogP contribution >= 0.6 is 35.0 Å². The van der Waals surface area contributed by atoms with Crippen LogP contribution in [0.5, 0.6) is 5.75 Å². The summed E-state index contributed by atoms with van der Waals surface area (Å²) in [5.41, 5.74) is 3.93. The number of carbonyl (C=O) groups excluding carboxylic acids is 1. The van der Waals surface area contributed by atoms with Gasteiger partial charge in [0.1, 0.15) is 11.4 Å². The molecule has 182 valence electrons. The summed E-state index contributed by atoms with van der Waals surface area (Å²) in [6.07, 6.45) is 1.84. The zero-order valence-corrected chi connectivity index (χ0v) is 22.3. The Morgan fingerprint density at radius 1 is 1.12 bits per heavy atom. The van der Waals surface area contributed by atoms with E-state index in [1.807, 2.05) is 37.4 Å². The Morgan fingerprint density at radius 2 is 1.85 bits per heavy atom. The summed E-state index contributed by atoms with van der Waals surface area (Å²) >= 11 is 15.3. The lowest BCUT2D eigenvalue weighted by Crippen LogP contribution is -2.49. The predicted molar refractivity (Wildman–Crippen MR) is 140 cm³/mol. The van der Waals surface area contributed by atoms with Crippen LogP contribution in [0.1, 0.15) is 45.1 Å². The van der Waals surface area contributed by atoms with Gasteiger partial charge in [0.05, 0.1) is 22.8 Å². The monoisotopic (exact) mass is 520 g/mol. The highest BCUT2D eigenvalue weighted by molar-refractivity contribution is 7.99. The van der Waals surface area contributed by atoms with Gasteiger partial charge in [-0.05, 0) is 74.8 Å². The first kappa shape index (κ1) is 24.0. The molecule has 34 heavy (non-hydrogen) atoms. The minimum atomic E-state index is -0.507. The summed E-state index contributed by atoms with van der Waals surface area (Å²) < 4.78 is 11.0. The first-order valence-electron chi connectivity index (χ1n) is 11.7. The van der Waals surface area contributed by atoms with E-state index in [-0.39, 0.29) is 12.0 Å². The minimum Gasteiger partial charge on any atom is -0.497 e. The second-order valence-corrected chi connectivity index (χ2v) is 12.1. The molecule has 2 aromatic rings. The van der Waals surface area contributed by atoms with Crippen LogP contribution in [0.4, 0.5) is 10.5 Å². The number of likely N-dealkylation sites (tertiary alicyclic amines) is 1. The van der Waals surface area contributed by atoms with Crippen molar-refractivity contribution in [2.24, 2.45) is 0 Å². The van der Waals surface area contributed by atoms with E-state index in [9.17, 15) is 4.79 Å². The smallest absolute Gasteiger partial charge is 0.410 e.